The zero-order chi connectivity index (χ0) is 14.1. The van der Waals surface area contributed by atoms with Crippen LogP contribution in [0.4, 0.5) is 4.39 Å². The number of hydrogen-bond acceptors (Lipinski definition) is 3. The van der Waals surface area contributed by atoms with Gasteiger partial charge in [0.1, 0.15) is 5.82 Å². The second kappa shape index (κ2) is 5.34. The Bertz CT molecular complexity index is 634. The van der Waals surface area contributed by atoms with E-state index in [1.54, 1.807) is 23.5 Å². The van der Waals surface area contributed by atoms with Gasteiger partial charge in [-0.2, -0.15) is 0 Å². The first kappa shape index (κ1) is 13.3. The van der Waals surface area contributed by atoms with Gasteiger partial charge < -0.3 is 5.11 Å². The van der Waals surface area contributed by atoms with Gasteiger partial charge in [0, 0.05) is 35.0 Å². The van der Waals surface area contributed by atoms with Crippen LogP contribution in [0.25, 0.3) is 10.4 Å². The molecule has 3 rings (SSSR count). The number of benzene rings is 1. The maximum absolute atomic E-state index is 13.7. The molecule has 1 aliphatic rings. The molecule has 0 spiro atoms. The van der Waals surface area contributed by atoms with Crippen molar-refractivity contribution in [2.24, 2.45) is 5.92 Å². The molecule has 1 aliphatic heterocycles. The Balaban J connectivity index is 1.66. The summed E-state index contributed by atoms with van der Waals surface area (Å²) >= 11 is 1.56. The van der Waals surface area contributed by atoms with Gasteiger partial charge in [-0.1, -0.05) is 18.2 Å². The molecule has 0 bridgehead atoms. The third-order valence-electron chi connectivity index (χ3n) is 3.49. The van der Waals surface area contributed by atoms with Crippen LogP contribution in [-0.2, 0) is 11.3 Å². The summed E-state index contributed by atoms with van der Waals surface area (Å²) in [5.41, 5.74) is 0.621. The Labute approximate surface area is 120 Å². The Morgan fingerprint density at radius 1 is 1.30 bits per heavy atom. The number of carboxylic acids is 1. The van der Waals surface area contributed by atoms with E-state index >= 15 is 0 Å². The number of likely N-dealkylation sites (tertiary alicyclic amines) is 1. The minimum Gasteiger partial charge on any atom is -0.481 e. The summed E-state index contributed by atoms with van der Waals surface area (Å²) in [7, 11) is 0. The lowest BCUT2D eigenvalue weighted by Gasteiger charge is -2.36. The highest BCUT2D eigenvalue weighted by Gasteiger charge is 2.32. The fraction of sp³-hybridized carbons (Fsp3) is 0.267. The number of halogens is 1. The van der Waals surface area contributed by atoms with Crippen molar-refractivity contribution in [3.8, 4) is 10.4 Å². The van der Waals surface area contributed by atoms with E-state index in [-0.39, 0.29) is 11.7 Å². The standard InChI is InChI=1S/C15H14FNO2S/c16-13-4-2-1-3-12(13)14-6-5-11(20-14)9-17-7-10(8-17)15(18)19/h1-6,10H,7-9H2,(H,18,19). The summed E-state index contributed by atoms with van der Waals surface area (Å²) in [4.78, 5) is 14.9. The van der Waals surface area contributed by atoms with Crippen LogP contribution in [0.15, 0.2) is 36.4 Å². The summed E-state index contributed by atoms with van der Waals surface area (Å²) < 4.78 is 13.7. The molecule has 0 aliphatic carbocycles. The molecule has 20 heavy (non-hydrogen) atoms. The Morgan fingerprint density at radius 2 is 2.05 bits per heavy atom. The lowest BCUT2D eigenvalue weighted by atomic mass is 10.0. The van der Waals surface area contributed by atoms with Crippen LogP contribution in [0.3, 0.4) is 0 Å². The first-order chi connectivity index (χ1) is 9.63. The van der Waals surface area contributed by atoms with Gasteiger partial charge >= 0.3 is 5.97 Å². The number of aliphatic carboxylic acids is 1. The van der Waals surface area contributed by atoms with Crippen LogP contribution >= 0.6 is 11.3 Å². The molecule has 0 saturated carbocycles. The molecule has 1 fully saturated rings. The van der Waals surface area contributed by atoms with E-state index in [4.69, 9.17) is 5.11 Å². The van der Waals surface area contributed by atoms with Crippen molar-refractivity contribution in [3.05, 3.63) is 47.1 Å². The average molecular weight is 291 g/mol. The van der Waals surface area contributed by atoms with Gasteiger partial charge in [-0.05, 0) is 18.2 Å². The first-order valence-electron chi connectivity index (χ1n) is 6.42. The summed E-state index contributed by atoms with van der Waals surface area (Å²) in [6.45, 7) is 1.94. The van der Waals surface area contributed by atoms with Crippen molar-refractivity contribution in [1.29, 1.82) is 0 Å². The number of carboxylic acid groups (broad SMARTS) is 1. The molecule has 2 aromatic rings. The minimum atomic E-state index is -0.723. The number of carbonyl (C=O) groups is 1. The molecule has 5 heteroatoms. The molecule has 104 valence electrons. The van der Waals surface area contributed by atoms with Gasteiger partial charge in [0.15, 0.2) is 0 Å². The van der Waals surface area contributed by atoms with E-state index in [9.17, 15) is 9.18 Å². The highest BCUT2D eigenvalue weighted by Crippen LogP contribution is 2.31. The van der Waals surface area contributed by atoms with Gasteiger partial charge in [0.25, 0.3) is 0 Å². The van der Waals surface area contributed by atoms with Gasteiger partial charge in [0.05, 0.1) is 5.92 Å². The van der Waals surface area contributed by atoms with E-state index in [1.165, 1.54) is 6.07 Å². The van der Waals surface area contributed by atoms with Gasteiger partial charge in [-0.15, -0.1) is 11.3 Å². The molecular formula is C15H14FNO2S. The molecule has 0 radical (unpaired) electrons. The molecule has 1 aromatic heterocycles. The van der Waals surface area contributed by atoms with Crippen LogP contribution in [0.2, 0.25) is 0 Å². The zero-order valence-corrected chi connectivity index (χ0v) is 11.6. The fourth-order valence-electron chi connectivity index (χ4n) is 2.34. The van der Waals surface area contributed by atoms with Crippen LogP contribution in [0, 0.1) is 11.7 Å². The molecule has 3 nitrogen and oxygen atoms in total. The van der Waals surface area contributed by atoms with E-state index in [0.717, 1.165) is 16.3 Å². The topological polar surface area (TPSA) is 40.5 Å². The molecule has 0 unspecified atom stereocenters. The van der Waals surface area contributed by atoms with Crippen molar-refractivity contribution >= 4 is 17.3 Å². The lowest BCUT2D eigenvalue weighted by Crippen LogP contribution is -2.49. The molecule has 0 atom stereocenters. The highest BCUT2D eigenvalue weighted by molar-refractivity contribution is 7.15. The lowest BCUT2D eigenvalue weighted by molar-refractivity contribution is -0.147. The van der Waals surface area contributed by atoms with E-state index in [2.05, 4.69) is 4.90 Å². The second-order valence-electron chi connectivity index (χ2n) is 4.98. The van der Waals surface area contributed by atoms with Crippen LogP contribution in [-0.4, -0.2) is 29.1 Å². The molecule has 0 amide bonds. The van der Waals surface area contributed by atoms with Gasteiger partial charge in [-0.25, -0.2) is 4.39 Å². The van der Waals surface area contributed by atoms with Crippen molar-refractivity contribution in [1.82, 2.24) is 4.90 Å². The van der Waals surface area contributed by atoms with Crippen LogP contribution < -0.4 is 0 Å². The summed E-state index contributed by atoms with van der Waals surface area (Å²) in [5.74, 6) is -1.17. The predicted octanol–water partition coefficient (Wildman–Crippen LogP) is 3.07. The largest absolute Gasteiger partial charge is 0.481 e. The molecule has 2 heterocycles. The van der Waals surface area contributed by atoms with Crippen molar-refractivity contribution in [2.75, 3.05) is 13.1 Å². The maximum Gasteiger partial charge on any atom is 0.309 e. The van der Waals surface area contributed by atoms with E-state index in [0.29, 0.717) is 18.7 Å². The highest BCUT2D eigenvalue weighted by atomic mass is 32.1. The Kier molecular flexibility index (Phi) is 3.54. The fourth-order valence-corrected chi connectivity index (χ4v) is 3.42. The second-order valence-corrected chi connectivity index (χ2v) is 6.14. The Hall–Kier alpha value is -1.72. The van der Waals surface area contributed by atoms with E-state index < -0.39 is 5.97 Å². The van der Waals surface area contributed by atoms with Gasteiger partial charge in [0.2, 0.25) is 0 Å². The normalized spacial score (nSPS) is 16.1. The molecular weight excluding hydrogens is 277 g/mol. The molecule has 1 saturated heterocycles. The van der Waals surface area contributed by atoms with Crippen molar-refractivity contribution in [3.63, 3.8) is 0 Å². The summed E-state index contributed by atoms with van der Waals surface area (Å²) in [6, 6.07) is 10.6. The van der Waals surface area contributed by atoms with Crippen LogP contribution in [0.1, 0.15) is 4.88 Å². The quantitative estimate of drug-likeness (QED) is 0.941. The predicted molar refractivity (Wildman–Crippen MR) is 76.1 cm³/mol. The SMILES string of the molecule is O=C(O)C1CN(Cc2ccc(-c3ccccc3F)s2)C1. The Morgan fingerprint density at radius 3 is 2.75 bits per heavy atom. The maximum atomic E-state index is 13.7. The number of rotatable bonds is 4. The smallest absolute Gasteiger partial charge is 0.309 e. The van der Waals surface area contributed by atoms with E-state index in [1.807, 2.05) is 18.2 Å². The van der Waals surface area contributed by atoms with Crippen molar-refractivity contribution in [2.45, 2.75) is 6.54 Å². The minimum absolute atomic E-state index is 0.212. The summed E-state index contributed by atoms with van der Waals surface area (Å²) in [5, 5.41) is 8.83. The average Bonchev–Trinajstić information content (AvgIpc) is 2.81. The van der Waals surface area contributed by atoms with Crippen LogP contribution in [0.5, 0.6) is 0 Å². The summed E-state index contributed by atoms with van der Waals surface area (Å²) in [6.07, 6.45) is 0. The molecule has 1 N–H and O–H groups in total. The number of thiophene rings is 1. The number of hydrogen-bond donors (Lipinski definition) is 1. The third-order valence-corrected chi connectivity index (χ3v) is 4.59. The first-order valence-corrected chi connectivity index (χ1v) is 7.24. The van der Waals surface area contributed by atoms with Gasteiger partial charge in [-0.3, -0.25) is 9.69 Å². The molecule has 1 aromatic carbocycles. The zero-order valence-electron chi connectivity index (χ0n) is 10.8. The number of nitrogens with zero attached hydrogens (tertiary/aromatic N) is 1. The van der Waals surface area contributed by atoms with Crippen molar-refractivity contribution < 1.29 is 14.3 Å². The third kappa shape index (κ3) is 2.59. The monoisotopic (exact) mass is 291 g/mol.